The Balaban J connectivity index is 2.04. The normalized spacial score (nSPS) is 23.8. The Morgan fingerprint density at radius 3 is 2.48 bits per heavy atom. The second-order valence-electron chi connectivity index (χ2n) is 5.25. The highest BCUT2D eigenvalue weighted by atomic mass is 19.4. The van der Waals surface area contributed by atoms with Gasteiger partial charge in [0.05, 0.1) is 0 Å². The van der Waals surface area contributed by atoms with E-state index in [1.165, 1.54) is 9.80 Å². The van der Waals surface area contributed by atoms with Crippen LogP contribution in [0, 0.1) is 0 Å². The van der Waals surface area contributed by atoms with Gasteiger partial charge in [0, 0.05) is 25.2 Å². The Morgan fingerprint density at radius 1 is 1.24 bits per heavy atom. The minimum absolute atomic E-state index is 0.0347. The van der Waals surface area contributed by atoms with Crippen molar-refractivity contribution in [1.82, 2.24) is 9.80 Å². The van der Waals surface area contributed by atoms with Gasteiger partial charge in [-0.05, 0) is 25.7 Å². The second-order valence-corrected chi connectivity index (χ2v) is 5.25. The molecular weight excluding hydrogens is 289 g/mol. The number of carbonyl (C=O) groups excluding carboxylic acids is 1. The van der Waals surface area contributed by atoms with Crippen molar-refractivity contribution in [3.63, 3.8) is 0 Å². The summed E-state index contributed by atoms with van der Waals surface area (Å²) in [5, 5.41) is 9.13. The predicted molar refractivity (Wildman–Crippen MR) is 67.7 cm³/mol. The molecule has 0 radical (unpaired) electrons. The van der Waals surface area contributed by atoms with Gasteiger partial charge in [-0.2, -0.15) is 13.2 Å². The molecule has 2 heterocycles. The zero-order chi connectivity index (χ0) is 15.6. The Kier molecular flexibility index (Phi) is 4.43. The molecule has 2 aliphatic rings. The Bertz CT molecular complexity index is 462. The first-order valence-corrected chi connectivity index (χ1v) is 6.85. The number of carbonyl (C=O) groups is 2. The lowest BCUT2D eigenvalue weighted by Crippen LogP contribution is -2.54. The van der Waals surface area contributed by atoms with Gasteiger partial charge < -0.3 is 14.9 Å². The third kappa shape index (κ3) is 3.48. The molecule has 1 saturated heterocycles. The third-order valence-corrected chi connectivity index (χ3v) is 3.88. The topological polar surface area (TPSA) is 60.9 Å². The molecule has 0 bridgehead atoms. The number of hydrogen-bond acceptors (Lipinski definition) is 2. The maximum atomic E-state index is 12.5. The highest BCUT2D eigenvalue weighted by Crippen LogP contribution is 2.30. The molecule has 2 amide bonds. The van der Waals surface area contributed by atoms with Crippen molar-refractivity contribution < 1.29 is 27.9 Å². The van der Waals surface area contributed by atoms with E-state index in [2.05, 4.69) is 0 Å². The summed E-state index contributed by atoms with van der Waals surface area (Å²) in [4.78, 5) is 26.0. The molecule has 2 aliphatic heterocycles. The van der Waals surface area contributed by atoms with Crippen LogP contribution in [-0.2, 0) is 4.79 Å². The Labute approximate surface area is 120 Å². The molecule has 1 unspecified atom stereocenters. The smallest absolute Gasteiger partial charge is 0.412 e. The summed E-state index contributed by atoms with van der Waals surface area (Å²) in [6.07, 6.45) is -1.77. The maximum Gasteiger partial charge on any atom is 0.412 e. The van der Waals surface area contributed by atoms with Crippen molar-refractivity contribution in [2.24, 2.45) is 0 Å². The fourth-order valence-corrected chi connectivity index (χ4v) is 2.70. The van der Waals surface area contributed by atoms with E-state index in [-0.39, 0.29) is 19.5 Å². The summed E-state index contributed by atoms with van der Waals surface area (Å²) in [6.45, 7) is 0.172. The average Bonchev–Trinajstić information content (AvgIpc) is 2.45. The predicted octanol–water partition coefficient (Wildman–Crippen LogP) is 2.24. The number of nitrogens with zero attached hydrogens (tertiary/aromatic N) is 2. The standard InChI is InChI=1S/C13H17F3N2O3/c14-13(15,16)9-4-7-17(8-5-9)12(21)18-6-2-1-3-10(18)11(19)20/h4,10H,1-3,5-8H2,(H,19,20). The summed E-state index contributed by atoms with van der Waals surface area (Å²) in [7, 11) is 0. The quantitative estimate of drug-likeness (QED) is 0.756. The fraction of sp³-hybridized carbons (Fsp3) is 0.692. The number of aliphatic carboxylic acids is 1. The lowest BCUT2D eigenvalue weighted by atomic mass is 10.0. The SMILES string of the molecule is O=C(O)C1CCCCN1C(=O)N1CC=C(C(F)(F)F)CC1. The summed E-state index contributed by atoms with van der Waals surface area (Å²) in [5.74, 6) is -1.06. The first kappa shape index (κ1) is 15.7. The summed E-state index contributed by atoms with van der Waals surface area (Å²) in [5.41, 5.74) is -0.625. The number of urea groups is 1. The van der Waals surface area contributed by atoms with Crippen LogP contribution in [0.2, 0.25) is 0 Å². The molecule has 1 atom stereocenters. The van der Waals surface area contributed by atoms with E-state index in [0.717, 1.165) is 12.5 Å². The molecule has 0 saturated carbocycles. The van der Waals surface area contributed by atoms with E-state index in [1.807, 2.05) is 0 Å². The van der Waals surface area contributed by atoms with Crippen molar-refractivity contribution in [3.8, 4) is 0 Å². The first-order valence-electron chi connectivity index (χ1n) is 6.85. The summed E-state index contributed by atoms with van der Waals surface area (Å²) >= 11 is 0. The van der Waals surface area contributed by atoms with Gasteiger partial charge in [0.15, 0.2) is 0 Å². The lowest BCUT2D eigenvalue weighted by Gasteiger charge is -2.38. The molecule has 0 aliphatic carbocycles. The lowest BCUT2D eigenvalue weighted by molar-refractivity contribution is -0.143. The molecule has 0 aromatic rings. The molecule has 5 nitrogen and oxygen atoms in total. The summed E-state index contributed by atoms with van der Waals surface area (Å²) < 4.78 is 37.6. The number of carboxylic acids is 1. The zero-order valence-corrected chi connectivity index (χ0v) is 11.4. The van der Waals surface area contributed by atoms with E-state index in [0.29, 0.717) is 19.4 Å². The molecule has 0 spiro atoms. The number of hydrogen-bond donors (Lipinski definition) is 1. The number of halogens is 3. The molecule has 2 rings (SSSR count). The third-order valence-electron chi connectivity index (χ3n) is 3.88. The number of piperidine rings is 1. The van der Waals surface area contributed by atoms with Crippen molar-refractivity contribution in [3.05, 3.63) is 11.6 Å². The van der Waals surface area contributed by atoms with E-state index in [9.17, 15) is 22.8 Å². The first-order chi connectivity index (χ1) is 9.80. The van der Waals surface area contributed by atoms with E-state index >= 15 is 0 Å². The van der Waals surface area contributed by atoms with Crippen LogP contribution < -0.4 is 0 Å². The molecule has 1 N–H and O–H groups in total. The highest BCUT2D eigenvalue weighted by Gasteiger charge is 2.38. The molecule has 0 aromatic carbocycles. The van der Waals surface area contributed by atoms with Gasteiger partial charge in [-0.3, -0.25) is 0 Å². The van der Waals surface area contributed by atoms with Crippen LogP contribution in [-0.4, -0.2) is 58.8 Å². The minimum Gasteiger partial charge on any atom is -0.480 e. The molecule has 0 aromatic heterocycles. The Morgan fingerprint density at radius 2 is 1.95 bits per heavy atom. The van der Waals surface area contributed by atoms with Crippen molar-refractivity contribution in [2.45, 2.75) is 37.9 Å². The number of amides is 2. The van der Waals surface area contributed by atoms with Gasteiger partial charge in [-0.1, -0.05) is 6.08 Å². The van der Waals surface area contributed by atoms with Gasteiger partial charge in [0.2, 0.25) is 0 Å². The number of likely N-dealkylation sites (tertiary alicyclic amines) is 1. The zero-order valence-electron chi connectivity index (χ0n) is 11.4. The van der Waals surface area contributed by atoms with E-state index in [1.54, 1.807) is 0 Å². The molecule has 21 heavy (non-hydrogen) atoms. The number of rotatable bonds is 1. The van der Waals surface area contributed by atoms with E-state index in [4.69, 9.17) is 5.11 Å². The van der Waals surface area contributed by atoms with Crippen molar-refractivity contribution in [2.75, 3.05) is 19.6 Å². The number of carboxylic acid groups (broad SMARTS) is 1. The maximum absolute atomic E-state index is 12.5. The van der Waals surface area contributed by atoms with Crippen molar-refractivity contribution >= 4 is 12.0 Å². The highest BCUT2D eigenvalue weighted by molar-refractivity contribution is 5.83. The average molecular weight is 306 g/mol. The van der Waals surface area contributed by atoms with Crippen LogP contribution in [0.15, 0.2) is 11.6 Å². The monoisotopic (exact) mass is 306 g/mol. The van der Waals surface area contributed by atoms with Gasteiger partial charge in [0.25, 0.3) is 0 Å². The fourth-order valence-electron chi connectivity index (χ4n) is 2.70. The van der Waals surface area contributed by atoms with E-state index < -0.39 is 29.8 Å². The largest absolute Gasteiger partial charge is 0.480 e. The summed E-state index contributed by atoms with van der Waals surface area (Å²) in [6, 6.07) is -1.36. The van der Waals surface area contributed by atoms with Crippen LogP contribution in [0.1, 0.15) is 25.7 Å². The van der Waals surface area contributed by atoms with Crippen LogP contribution in [0.4, 0.5) is 18.0 Å². The molecule has 8 heteroatoms. The van der Waals surface area contributed by atoms with Gasteiger partial charge in [-0.25, -0.2) is 9.59 Å². The minimum atomic E-state index is -4.36. The molecular formula is C13H17F3N2O3. The van der Waals surface area contributed by atoms with Crippen LogP contribution in [0.3, 0.4) is 0 Å². The van der Waals surface area contributed by atoms with Gasteiger partial charge >= 0.3 is 18.2 Å². The molecule has 1 fully saturated rings. The van der Waals surface area contributed by atoms with Crippen molar-refractivity contribution in [1.29, 1.82) is 0 Å². The van der Waals surface area contributed by atoms with Crippen LogP contribution in [0.5, 0.6) is 0 Å². The van der Waals surface area contributed by atoms with Gasteiger partial charge in [0.1, 0.15) is 6.04 Å². The van der Waals surface area contributed by atoms with Crippen LogP contribution in [0.25, 0.3) is 0 Å². The van der Waals surface area contributed by atoms with Gasteiger partial charge in [-0.15, -0.1) is 0 Å². The second kappa shape index (κ2) is 5.95. The molecule has 118 valence electrons. The van der Waals surface area contributed by atoms with Crippen LogP contribution >= 0.6 is 0 Å². The number of alkyl halides is 3. The Hall–Kier alpha value is -1.73.